The van der Waals surface area contributed by atoms with Crippen molar-refractivity contribution in [1.82, 2.24) is 0 Å². The van der Waals surface area contributed by atoms with Gasteiger partial charge in [0.1, 0.15) is 5.82 Å². The fourth-order valence-electron chi connectivity index (χ4n) is 1.65. The first-order valence-electron chi connectivity index (χ1n) is 6.49. The monoisotopic (exact) mass is 266 g/mol. The van der Waals surface area contributed by atoms with Gasteiger partial charge in [0.25, 0.3) is 0 Å². The minimum Gasteiger partial charge on any atom is -0.466 e. The van der Waals surface area contributed by atoms with E-state index in [-0.39, 0.29) is 24.6 Å². The van der Waals surface area contributed by atoms with Crippen molar-refractivity contribution < 1.29 is 18.7 Å². The number of Topliss-reactive ketones (excluding diaryl/α,β-unsaturated/α-hetero) is 1. The molecule has 4 heteroatoms. The van der Waals surface area contributed by atoms with Crippen molar-refractivity contribution in [3.8, 4) is 0 Å². The lowest BCUT2D eigenvalue weighted by Crippen LogP contribution is -2.10. The minimum atomic E-state index is -0.445. The summed E-state index contributed by atoms with van der Waals surface area (Å²) in [6, 6.07) is 4.08. The molecule has 0 N–H and O–H groups in total. The van der Waals surface area contributed by atoms with Crippen LogP contribution in [0.2, 0.25) is 0 Å². The number of carbonyl (C=O) groups is 2. The van der Waals surface area contributed by atoms with Gasteiger partial charge in [-0.3, -0.25) is 9.59 Å². The summed E-state index contributed by atoms with van der Waals surface area (Å²) in [7, 11) is 0. The standard InChI is InChI=1S/C15H19FO3/c1-3-4-9-19-15(18)8-7-14(17)13-10-12(16)6-5-11(13)2/h5-6,10H,3-4,7-9H2,1-2H3. The summed E-state index contributed by atoms with van der Waals surface area (Å²) in [6.45, 7) is 4.14. The molecule has 104 valence electrons. The molecule has 0 fully saturated rings. The van der Waals surface area contributed by atoms with Crippen LogP contribution in [0.15, 0.2) is 18.2 Å². The van der Waals surface area contributed by atoms with Gasteiger partial charge in [-0.25, -0.2) is 4.39 Å². The lowest BCUT2D eigenvalue weighted by Gasteiger charge is -2.06. The molecule has 0 heterocycles. The third-order valence-corrected chi connectivity index (χ3v) is 2.82. The summed E-state index contributed by atoms with van der Waals surface area (Å²) in [6.07, 6.45) is 1.87. The fraction of sp³-hybridized carbons (Fsp3) is 0.467. The quantitative estimate of drug-likeness (QED) is 0.431. The molecule has 0 spiro atoms. The maximum absolute atomic E-state index is 13.1. The maximum atomic E-state index is 13.1. The molecule has 1 aromatic carbocycles. The SMILES string of the molecule is CCCCOC(=O)CCC(=O)c1cc(F)ccc1C. The number of unbranched alkanes of at least 4 members (excludes halogenated alkanes) is 1. The zero-order valence-corrected chi connectivity index (χ0v) is 11.4. The van der Waals surface area contributed by atoms with Crippen LogP contribution in [0.5, 0.6) is 0 Å². The largest absolute Gasteiger partial charge is 0.466 e. The van der Waals surface area contributed by atoms with Crippen molar-refractivity contribution >= 4 is 11.8 Å². The lowest BCUT2D eigenvalue weighted by molar-refractivity contribution is -0.143. The van der Waals surface area contributed by atoms with Gasteiger partial charge < -0.3 is 4.74 Å². The van der Waals surface area contributed by atoms with Crippen molar-refractivity contribution in [3.63, 3.8) is 0 Å². The molecule has 0 unspecified atom stereocenters. The molecular weight excluding hydrogens is 247 g/mol. The molecule has 0 saturated heterocycles. The molecule has 0 aromatic heterocycles. The van der Waals surface area contributed by atoms with E-state index in [0.29, 0.717) is 17.7 Å². The molecule has 1 aromatic rings. The maximum Gasteiger partial charge on any atom is 0.306 e. The first-order chi connectivity index (χ1) is 9.04. The number of ether oxygens (including phenoxy) is 1. The number of aryl methyl sites for hydroxylation is 1. The average Bonchev–Trinajstić information content (AvgIpc) is 2.39. The zero-order chi connectivity index (χ0) is 14.3. The molecule has 0 saturated carbocycles. The van der Waals surface area contributed by atoms with Gasteiger partial charge in [0.05, 0.1) is 13.0 Å². The van der Waals surface area contributed by atoms with Gasteiger partial charge >= 0.3 is 5.97 Å². The smallest absolute Gasteiger partial charge is 0.306 e. The zero-order valence-electron chi connectivity index (χ0n) is 11.4. The summed E-state index contributed by atoms with van der Waals surface area (Å²) in [5.74, 6) is -1.06. The number of benzene rings is 1. The highest BCUT2D eigenvalue weighted by Crippen LogP contribution is 2.13. The van der Waals surface area contributed by atoms with E-state index in [9.17, 15) is 14.0 Å². The Kier molecular flexibility index (Phi) is 6.19. The number of carbonyl (C=O) groups excluding carboxylic acids is 2. The predicted octanol–water partition coefficient (Wildman–Crippen LogP) is 3.44. The fourth-order valence-corrected chi connectivity index (χ4v) is 1.65. The van der Waals surface area contributed by atoms with Crippen LogP contribution < -0.4 is 0 Å². The third-order valence-electron chi connectivity index (χ3n) is 2.82. The van der Waals surface area contributed by atoms with Crippen molar-refractivity contribution in [3.05, 3.63) is 35.1 Å². The van der Waals surface area contributed by atoms with E-state index in [0.717, 1.165) is 12.8 Å². The Morgan fingerprint density at radius 1 is 1.26 bits per heavy atom. The molecule has 3 nitrogen and oxygen atoms in total. The second-order valence-electron chi connectivity index (χ2n) is 4.46. The third kappa shape index (κ3) is 5.20. The van der Waals surface area contributed by atoms with Gasteiger partial charge in [0, 0.05) is 12.0 Å². The summed E-state index contributed by atoms with van der Waals surface area (Å²) < 4.78 is 18.0. The van der Waals surface area contributed by atoms with Crippen molar-refractivity contribution in [2.24, 2.45) is 0 Å². The molecule has 19 heavy (non-hydrogen) atoms. The van der Waals surface area contributed by atoms with Gasteiger partial charge in [-0.05, 0) is 31.0 Å². The molecule has 0 aliphatic rings. The topological polar surface area (TPSA) is 43.4 Å². The Labute approximate surface area is 112 Å². The van der Waals surface area contributed by atoms with Crippen LogP contribution in [0.4, 0.5) is 4.39 Å². The van der Waals surface area contributed by atoms with Crippen LogP contribution in [0.3, 0.4) is 0 Å². The average molecular weight is 266 g/mol. The Morgan fingerprint density at radius 3 is 2.68 bits per heavy atom. The van der Waals surface area contributed by atoms with Crippen LogP contribution in [-0.4, -0.2) is 18.4 Å². The molecule has 0 aliphatic heterocycles. The number of hydrogen-bond donors (Lipinski definition) is 0. The second kappa shape index (κ2) is 7.67. The van der Waals surface area contributed by atoms with Gasteiger partial charge in [0.2, 0.25) is 0 Å². The Bertz CT molecular complexity index is 455. The Balaban J connectivity index is 2.47. The lowest BCUT2D eigenvalue weighted by atomic mass is 10.0. The van der Waals surface area contributed by atoms with Crippen LogP contribution in [0.25, 0.3) is 0 Å². The number of esters is 1. The molecular formula is C15H19FO3. The van der Waals surface area contributed by atoms with Crippen molar-refractivity contribution in [1.29, 1.82) is 0 Å². The Morgan fingerprint density at radius 2 is 2.00 bits per heavy atom. The summed E-state index contributed by atoms with van der Waals surface area (Å²) >= 11 is 0. The van der Waals surface area contributed by atoms with Gasteiger partial charge in [-0.2, -0.15) is 0 Å². The van der Waals surface area contributed by atoms with Crippen molar-refractivity contribution in [2.75, 3.05) is 6.61 Å². The number of ketones is 1. The summed E-state index contributed by atoms with van der Waals surface area (Å²) in [5.41, 5.74) is 1.05. The molecule has 0 bridgehead atoms. The highest BCUT2D eigenvalue weighted by Gasteiger charge is 2.13. The summed E-state index contributed by atoms with van der Waals surface area (Å²) in [4.78, 5) is 23.2. The number of hydrogen-bond acceptors (Lipinski definition) is 3. The highest BCUT2D eigenvalue weighted by atomic mass is 19.1. The Hall–Kier alpha value is -1.71. The predicted molar refractivity (Wildman–Crippen MR) is 70.6 cm³/mol. The number of rotatable bonds is 7. The van der Waals surface area contributed by atoms with E-state index in [1.54, 1.807) is 13.0 Å². The normalized spacial score (nSPS) is 10.3. The van der Waals surface area contributed by atoms with E-state index in [4.69, 9.17) is 4.74 Å². The molecule has 0 radical (unpaired) electrons. The minimum absolute atomic E-state index is 0.0402. The highest BCUT2D eigenvalue weighted by molar-refractivity contribution is 5.98. The van der Waals surface area contributed by atoms with Gasteiger partial charge in [-0.15, -0.1) is 0 Å². The molecule has 0 atom stereocenters. The first kappa shape index (κ1) is 15.3. The van der Waals surface area contributed by atoms with Crippen LogP contribution in [-0.2, 0) is 9.53 Å². The van der Waals surface area contributed by atoms with Gasteiger partial charge in [-0.1, -0.05) is 19.4 Å². The van der Waals surface area contributed by atoms with E-state index in [1.165, 1.54) is 12.1 Å². The molecule has 0 aliphatic carbocycles. The van der Waals surface area contributed by atoms with E-state index < -0.39 is 5.82 Å². The number of halogens is 1. The van der Waals surface area contributed by atoms with Crippen LogP contribution >= 0.6 is 0 Å². The van der Waals surface area contributed by atoms with Crippen LogP contribution in [0, 0.1) is 12.7 Å². The second-order valence-corrected chi connectivity index (χ2v) is 4.46. The van der Waals surface area contributed by atoms with Crippen molar-refractivity contribution in [2.45, 2.75) is 39.5 Å². The first-order valence-corrected chi connectivity index (χ1v) is 6.49. The summed E-state index contributed by atoms with van der Waals surface area (Å²) in [5, 5.41) is 0. The molecule has 1 rings (SSSR count). The molecule has 0 amide bonds. The van der Waals surface area contributed by atoms with Gasteiger partial charge in [0.15, 0.2) is 5.78 Å². The van der Waals surface area contributed by atoms with E-state index in [2.05, 4.69) is 0 Å². The van der Waals surface area contributed by atoms with Crippen LogP contribution in [0.1, 0.15) is 48.5 Å². The van der Waals surface area contributed by atoms with E-state index >= 15 is 0 Å². The van der Waals surface area contributed by atoms with E-state index in [1.807, 2.05) is 6.92 Å².